The Labute approximate surface area is 143 Å². The van der Waals surface area contributed by atoms with Crippen LogP contribution >= 0.6 is 22.9 Å². The van der Waals surface area contributed by atoms with E-state index < -0.39 is 0 Å². The van der Waals surface area contributed by atoms with Gasteiger partial charge in [-0.25, -0.2) is 0 Å². The van der Waals surface area contributed by atoms with Gasteiger partial charge in [-0.3, -0.25) is 0 Å². The molecule has 4 heteroatoms. The van der Waals surface area contributed by atoms with E-state index in [4.69, 9.17) is 11.6 Å². The number of H-pyrrole nitrogens is 1. The maximum absolute atomic E-state index is 6.20. The number of thiophene rings is 1. The summed E-state index contributed by atoms with van der Waals surface area (Å²) in [6.45, 7) is 0.991. The highest BCUT2D eigenvalue weighted by molar-refractivity contribution is 7.19. The quantitative estimate of drug-likeness (QED) is 0.486. The number of hydrogen-bond acceptors (Lipinski definition) is 2. The average Bonchev–Trinajstić information content (AvgIpc) is 3.15. The zero-order valence-corrected chi connectivity index (χ0v) is 14.0. The molecule has 3 heterocycles. The second-order valence-corrected chi connectivity index (χ2v) is 7.58. The molecule has 114 valence electrons. The van der Waals surface area contributed by atoms with E-state index in [2.05, 4.69) is 52.8 Å². The van der Waals surface area contributed by atoms with Crippen molar-refractivity contribution in [1.29, 1.82) is 0 Å². The molecule has 0 amide bonds. The molecule has 0 saturated carbocycles. The molecule has 1 aliphatic rings. The molecule has 1 atom stereocenters. The zero-order valence-electron chi connectivity index (χ0n) is 12.4. The number of rotatable bonds is 1. The van der Waals surface area contributed by atoms with Crippen molar-refractivity contribution in [1.82, 2.24) is 10.3 Å². The first-order valence-corrected chi connectivity index (χ1v) is 9.01. The molecule has 1 unspecified atom stereocenters. The lowest BCUT2D eigenvalue weighted by atomic mass is 9.98. The molecule has 5 rings (SSSR count). The van der Waals surface area contributed by atoms with Crippen molar-refractivity contribution >= 4 is 43.9 Å². The smallest absolute Gasteiger partial charge is 0.0826 e. The lowest BCUT2D eigenvalue weighted by molar-refractivity contribution is 0.567. The minimum Gasteiger partial charge on any atom is -0.357 e. The van der Waals surface area contributed by atoms with Crippen LogP contribution in [0.3, 0.4) is 0 Å². The Morgan fingerprint density at radius 3 is 2.91 bits per heavy atom. The topological polar surface area (TPSA) is 27.8 Å². The van der Waals surface area contributed by atoms with E-state index in [0.717, 1.165) is 18.0 Å². The van der Waals surface area contributed by atoms with Crippen molar-refractivity contribution < 1.29 is 0 Å². The van der Waals surface area contributed by atoms with E-state index in [1.807, 2.05) is 17.4 Å². The van der Waals surface area contributed by atoms with Crippen molar-refractivity contribution in [3.8, 4) is 0 Å². The van der Waals surface area contributed by atoms with E-state index in [9.17, 15) is 0 Å². The van der Waals surface area contributed by atoms with Crippen LogP contribution in [0, 0.1) is 0 Å². The number of aromatic amines is 1. The zero-order chi connectivity index (χ0) is 15.4. The maximum Gasteiger partial charge on any atom is 0.0826 e. The Balaban J connectivity index is 1.70. The van der Waals surface area contributed by atoms with Crippen LogP contribution in [0.1, 0.15) is 22.2 Å². The number of aromatic nitrogens is 1. The van der Waals surface area contributed by atoms with E-state index in [0.29, 0.717) is 0 Å². The largest absolute Gasteiger partial charge is 0.357 e. The third kappa shape index (κ3) is 2.12. The van der Waals surface area contributed by atoms with Gasteiger partial charge in [0.05, 0.1) is 6.04 Å². The molecule has 1 aliphatic heterocycles. The van der Waals surface area contributed by atoms with Crippen molar-refractivity contribution in [2.45, 2.75) is 12.5 Å². The summed E-state index contributed by atoms with van der Waals surface area (Å²) in [6, 6.07) is 17.2. The van der Waals surface area contributed by atoms with Gasteiger partial charge in [0.2, 0.25) is 0 Å². The number of benzene rings is 2. The predicted molar refractivity (Wildman–Crippen MR) is 98.7 cm³/mol. The molecule has 2 aromatic carbocycles. The van der Waals surface area contributed by atoms with Gasteiger partial charge in [-0.05, 0) is 47.7 Å². The fourth-order valence-corrected chi connectivity index (χ4v) is 4.91. The van der Waals surface area contributed by atoms with Gasteiger partial charge in [0.15, 0.2) is 0 Å². The molecule has 23 heavy (non-hydrogen) atoms. The summed E-state index contributed by atoms with van der Waals surface area (Å²) < 4.78 is 1.34. The number of nitrogens with one attached hydrogen (secondary N) is 2. The summed E-state index contributed by atoms with van der Waals surface area (Å²) >= 11 is 8.07. The minimum absolute atomic E-state index is 0.238. The van der Waals surface area contributed by atoms with Crippen LogP contribution in [0.4, 0.5) is 0 Å². The van der Waals surface area contributed by atoms with Gasteiger partial charge < -0.3 is 10.3 Å². The van der Waals surface area contributed by atoms with Gasteiger partial charge in [0.25, 0.3) is 0 Å². The second kappa shape index (κ2) is 5.10. The standard InChI is InChI=1S/C19H15ClN2S/c20-12-5-6-15-14(10-12)13-7-8-21-19(18(13)22-15)17-9-11-3-1-2-4-16(11)23-17/h1-6,9-10,19,21-22H,7-8H2. The number of halogens is 1. The molecule has 0 radical (unpaired) electrons. The third-order valence-corrected chi connectivity index (χ3v) is 6.06. The first kappa shape index (κ1) is 13.6. The predicted octanol–water partition coefficient (Wildman–Crippen LogP) is 5.27. The summed E-state index contributed by atoms with van der Waals surface area (Å²) in [5.74, 6) is 0. The number of fused-ring (bicyclic) bond motifs is 4. The Hall–Kier alpha value is -1.81. The molecule has 0 saturated heterocycles. The molecule has 0 bridgehead atoms. The summed E-state index contributed by atoms with van der Waals surface area (Å²) in [6.07, 6.45) is 1.04. The van der Waals surface area contributed by atoms with Crippen molar-refractivity contribution in [2.75, 3.05) is 6.54 Å². The van der Waals surface area contributed by atoms with Crippen LogP contribution in [-0.2, 0) is 6.42 Å². The van der Waals surface area contributed by atoms with Crippen LogP contribution in [0.25, 0.3) is 21.0 Å². The van der Waals surface area contributed by atoms with Crippen molar-refractivity contribution in [2.24, 2.45) is 0 Å². The van der Waals surface area contributed by atoms with Crippen LogP contribution < -0.4 is 5.32 Å². The third-order valence-electron chi connectivity index (χ3n) is 4.64. The average molecular weight is 339 g/mol. The first-order chi connectivity index (χ1) is 11.3. The maximum atomic E-state index is 6.20. The Morgan fingerprint density at radius 1 is 1.09 bits per heavy atom. The molecule has 2 aromatic heterocycles. The van der Waals surface area contributed by atoms with Crippen molar-refractivity contribution in [3.05, 3.63) is 69.7 Å². The molecule has 2 nitrogen and oxygen atoms in total. The molecule has 0 fully saturated rings. The first-order valence-electron chi connectivity index (χ1n) is 7.81. The second-order valence-electron chi connectivity index (χ2n) is 6.03. The van der Waals surface area contributed by atoms with Crippen LogP contribution in [0.5, 0.6) is 0 Å². The Kier molecular flexibility index (Phi) is 3.02. The van der Waals surface area contributed by atoms with Gasteiger partial charge >= 0.3 is 0 Å². The molecule has 0 aliphatic carbocycles. The highest BCUT2D eigenvalue weighted by Crippen LogP contribution is 2.38. The normalized spacial score (nSPS) is 17.7. The molecule has 4 aromatic rings. The van der Waals surface area contributed by atoms with E-state index >= 15 is 0 Å². The van der Waals surface area contributed by atoms with Crippen LogP contribution in [0.15, 0.2) is 48.5 Å². The lowest BCUT2D eigenvalue weighted by Crippen LogP contribution is -2.29. The van der Waals surface area contributed by atoms with Gasteiger partial charge in [0, 0.05) is 37.7 Å². The summed E-state index contributed by atoms with van der Waals surface area (Å²) in [4.78, 5) is 4.99. The lowest BCUT2D eigenvalue weighted by Gasteiger charge is -2.23. The van der Waals surface area contributed by atoms with Crippen LogP contribution in [0.2, 0.25) is 5.02 Å². The molecule has 2 N–H and O–H groups in total. The summed E-state index contributed by atoms with van der Waals surface area (Å²) in [5.41, 5.74) is 3.87. The Bertz CT molecular complexity index is 997. The van der Waals surface area contributed by atoms with E-state index in [1.54, 1.807) is 0 Å². The van der Waals surface area contributed by atoms with Gasteiger partial charge in [0.1, 0.15) is 0 Å². The van der Waals surface area contributed by atoms with Gasteiger partial charge in [-0.2, -0.15) is 0 Å². The monoisotopic (exact) mass is 338 g/mol. The van der Waals surface area contributed by atoms with Gasteiger partial charge in [-0.1, -0.05) is 29.8 Å². The molecule has 0 spiro atoms. The highest BCUT2D eigenvalue weighted by Gasteiger charge is 2.26. The minimum atomic E-state index is 0.238. The molecular weight excluding hydrogens is 324 g/mol. The number of hydrogen-bond donors (Lipinski definition) is 2. The van der Waals surface area contributed by atoms with Crippen molar-refractivity contribution in [3.63, 3.8) is 0 Å². The summed E-state index contributed by atoms with van der Waals surface area (Å²) in [7, 11) is 0. The highest BCUT2D eigenvalue weighted by atomic mass is 35.5. The van der Waals surface area contributed by atoms with E-state index in [-0.39, 0.29) is 6.04 Å². The SMILES string of the molecule is Clc1ccc2[nH]c3c(c2c1)CCNC3c1cc2ccccc2s1. The van der Waals surface area contributed by atoms with E-state index in [1.165, 1.54) is 37.1 Å². The summed E-state index contributed by atoms with van der Waals surface area (Å²) in [5, 5.41) is 7.06. The molecular formula is C19H15ClN2S. The van der Waals surface area contributed by atoms with Crippen LogP contribution in [-0.4, -0.2) is 11.5 Å². The Morgan fingerprint density at radius 2 is 2.00 bits per heavy atom. The fraction of sp³-hybridized carbons (Fsp3) is 0.158. The fourth-order valence-electron chi connectivity index (χ4n) is 3.59. The van der Waals surface area contributed by atoms with Gasteiger partial charge in [-0.15, -0.1) is 11.3 Å².